The monoisotopic (exact) mass is 445 g/mol. The molecule has 0 radical (unpaired) electrons. The summed E-state index contributed by atoms with van der Waals surface area (Å²) in [7, 11) is 3.19. The van der Waals surface area contributed by atoms with Crippen LogP contribution in [-0.2, 0) is 11.2 Å². The van der Waals surface area contributed by atoms with E-state index in [2.05, 4.69) is 13.0 Å². The van der Waals surface area contributed by atoms with E-state index in [1.165, 1.54) is 0 Å². The van der Waals surface area contributed by atoms with Crippen LogP contribution in [0.15, 0.2) is 78.4 Å². The summed E-state index contributed by atoms with van der Waals surface area (Å²) >= 11 is 6.10. The highest BCUT2D eigenvalue weighted by Crippen LogP contribution is 2.38. The quantitative estimate of drug-likeness (QED) is 0.412. The van der Waals surface area contributed by atoms with E-state index in [1.54, 1.807) is 19.1 Å². The first-order chi connectivity index (χ1) is 15.5. The van der Waals surface area contributed by atoms with Gasteiger partial charge in [-0.3, -0.25) is 9.69 Å². The zero-order valence-electron chi connectivity index (χ0n) is 18.3. The number of carbonyl (C=O) groups is 1. The molecule has 1 heterocycles. The highest BCUT2D eigenvalue weighted by molar-refractivity contribution is 6.30. The molecule has 0 bridgehead atoms. The van der Waals surface area contributed by atoms with E-state index < -0.39 is 0 Å². The molecular formula is C27H24ClNO3. The smallest absolute Gasteiger partial charge is 0.262 e. The number of benzene rings is 3. The third-order valence-electron chi connectivity index (χ3n) is 5.47. The number of aryl methyl sites for hydroxylation is 1. The van der Waals surface area contributed by atoms with Crippen molar-refractivity contribution in [2.24, 2.45) is 0 Å². The lowest BCUT2D eigenvalue weighted by atomic mass is 10.1. The second-order valence-corrected chi connectivity index (χ2v) is 7.81. The van der Waals surface area contributed by atoms with Gasteiger partial charge in [-0.25, -0.2) is 0 Å². The van der Waals surface area contributed by atoms with E-state index >= 15 is 0 Å². The summed E-state index contributed by atoms with van der Waals surface area (Å²) in [5, 5.41) is 0.653. The fourth-order valence-electron chi connectivity index (χ4n) is 3.84. The maximum atomic E-state index is 13.6. The normalized spacial score (nSPS) is 14.6. The topological polar surface area (TPSA) is 38.8 Å². The molecule has 0 fully saturated rings. The van der Waals surface area contributed by atoms with Crippen LogP contribution in [0.1, 0.15) is 23.6 Å². The van der Waals surface area contributed by atoms with Gasteiger partial charge in [0.15, 0.2) is 11.5 Å². The Labute approximate surface area is 193 Å². The van der Waals surface area contributed by atoms with Crippen molar-refractivity contribution in [2.45, 2.75) is 13.3 Å². The molecule has 0 saturated carbocycles. The van der Waals surface area contributed by atoms with Crippen LogP contribution in [-0.4, -0.2) is 20.1 Å². The molecule has 0 unspecified atom stereocenters. The molecule has 32 heavy (non-hydrogen) atoms. The summed E-state index contributed by atoms with van der Waals surface area (Å²) in [4.78, 5) is 15.4. The van der Waals surface area contributed by atoms with Crippen LogP contribution < -0.4 is 14.4 Å². The maximum Gasteiger partial charge on any atom is 0.262 e. The number of amides is 1. The molecule has 0 aliphatic carbocycles. The van der Waals surface area contributed by atoms with Crippen LogP contribution in [0.3, 0.4) is 0 Å². The Balaban J connectivity index is 1.83. The summed E-state index contributed by atoms with van der Waals surface area (Å²) < 4.78 is 10.7. The molecule has 3 aromatic carbocycles. The first-order valence-corrected chi connectivity index (χ1v) is 10.8. The Kier molecular flexibility index (Phi) is 6.33. The largest absolute Gasteiger partial charge is 0.493 e. The van der Waals surface area contributed by atoms with Gasteiger partial charge >= 0.3 is 0 Å². The zero-order chi connectivity index (χ0) is 22.7. The zero-order valence-corrected chi connectivity index (χ0v) is 19.0. The van der Waals surface area contributed by atoms with E-state index in [-0.39, 0.29) is 5.91 Å². The summed E-state index contributed by atoms with van der Waals surface area (Å²) in [5.74, 6) is 1.18. The molecule has 0 atom stereocenters. The third kappa shape index (κ3) is 4.14. The van der Waals surface area contributed by atoms with Gasteiger partial charge in [0.05, 0.1) is 25.6 Å². The predicted molar refractivity (Wildman–Crippen MR) is 130 cm³/mol. The number of anilines is 1. The lowest BCUT2D eigenvalue weighted by Crippen LogP contribution is -2.26. The van der Waals surface area contributed by atoms with Crippen molar-refractivity contribution < 1.29 is 14.3 Å². The molecule has 162 valence electrons. The predicted octanol–water partition coefficient (Wildman–Crippen LogP) is 6.39. The minimum atomic E-state index is -0.0781. The van der Waals surface area contributed by atoms with E-state index in [0.29, 0.717) is 22.1 Å². The number of methoxy groups -OCH3 is 2. The first-order valence-electron chi connectivity index (χ1n) is 10.4. The SMILES string of the molecule is CCc1ccccc1N1C(=O)/C(=C/c2ccc(OC)c(OC)c2)C=C1c1ccc(Cl)cc1. The van der Waals surface area contributed by atoms with Crippen molar-refractivity contribution in [3.63, 3.8) is 0 Å². The number of rotatable bonds is 6. The first kappa shape index (κ1) is 21.7. The van der Waals surface area contributed by atoms with Crippen LogP contribution in [0.5, 0.6) is 11.5 Å². The Morgan fingerprint density at radius 3 is 2.34 bits per heavy atom. The second-order valence-electron chi connectivity index (χ2n) is 7.37. The van der Waals surface area contributed by atoms with Gasteiger partial charge in [-0.1, -0.05) is 54.9 Å². The molecule has 1 amide bonds. The highest BCUT2D eigenvalue weighted by Gasteiger charge is 2.31. The lowest BCUT2D eigenvalue weighted by Gasteiger charge is -2.23. The second kappa shape index (κ2) is 9.33. The van der Waals surface area contributed by atoms with Crippen molar-refractivity contribution in [1.29, 1.82) is 0 Å². The average Bonchev–Trinajstić information content (AvgIpc) is 3.14. The summed E-state index contributed by atoms with van der Waals surface area (Å²) in [5.41, 5.74) is 5.17. The number of hydrogen-bond donors (Lipinski definition) is 0. The summed E-state index contributed by atoms with van der Waals surface area (Å²) in [6, 6.07) is 21.1. The average molecular weight is 446 g/mol. The Bertz CT molecular complexity index is 1210. The molecule has 0 saturated heterocycles. The van der Waals surface area contributed by atoms with Gasteiger partial charge in [0.1, 0.15) is 0 Å². The molecule has 1 aliphatic heterocycles. The Hall–Kier alpha value is -3.50. The van der Waals surface area contributed by atoms with Crippen molar-refractivity contribution in [1.82, 2.24) is 0 Å². The van der Waals surface area contributed by atoms with Gasteiger partial charge in [0.2, 0.25) is 0 Å². The van der Waals surface area contributed by atoms with Crippen LogP contribution in [0.4, 0.5) is 5.69 Å². The van der Waals surface area contributed by atoms with Crippen LogP contribution in [0.2, 0.25) is 5.02 Å². The van der Waals surface area contributed by atoms with Gasteiger partial charge < -0.3 is 9.47 Å². The van der Waals surface area contributed by atoms with Gasteiger partial charge in [0, 0.05) is 10.6 Å². The van der Waals surface area contributed by atoms with E-state index in [1.807, 2.05) is 72.8 Å². The molecule has 0 spiro atoms. The molecule has 5 heteroatoms. The van der Waals surface area contributed by atoms with Crippen LogP contribution in [0, 0.1) is 0 Å². The fourth-order valence-corrected chi connectivity index (χ4v) is 3.96. The van der Waals surface area contributed by atoms with Gasteiger partial charge in [-0.2, -0.15) is 0 Å². The van der Waals surface area contributed by atoms with Crippen molar-refractivity contribution in [2.75, 3.05) is 19.1 Å². The van der Waals surface area contributed by atoms with E-state index in [9.17, 15) is 4.79 Å². The molecule has 0 aromatic heterocycles. The van der Waals surface area contributed by atoms with Crippen LogP contribution in [0.25, 0.3) is 11.8 Å². The maximum absolute atomic E-state index is 13.6. The van der Waals surface area contributed by atoms with Gasteiger partial charge in [-0.15, -0.1) is 0 Å². The minimum absolute atomic E-state index is 0.0781. The number of para-hydroxylation sites is 1. The highest BCUT2D eigenvalue weighted by atomic mass is 35.5. The van der Waals surface area contributed by atoms with E-state index in [4.69, 9.17) is 21.1 Å². The fraction of sp³-hybridized carbons (Fsp3) is 0.148. The van der Waals surface area contributed by atoms with Gasteiger partial charge in [-0.05, 0) is 65.6 Å². The lowest BCUT2D eigenvalue weighted by molar-refractivity contribution is -0.113. The van der Waals surface area contributed by atoms with Crippen molar-refractivity contribution >= 4 is 35.0 Å². The van der Waals surface area contributed by atoms with Gasteiger partial charge in [0.25, 0.3) is 5.91 Å². The summed E-state index contributed by atoms with van der Waals surface area (Å²) in [6.07, 6.45) is 4.62. The number of nitrogens with zero attached hydrogens (tertiary/aromatic N) is 1. The minimum Gasteiger partial charge on any atom is -0.493 e. The number of hydrogen-bond acceptors (Lipinski definition) is 3. The Morgan fingerprint density at radius 2 is 1.66 bits per heavy atom. The van der Waals surface area contributed by atoms with Crippen LogP contribution >= 0.6 is 11.6 Å². The summed E-state index contributed by atoms with van der Waals surface area (Å²) in [6.45, 7) is 2.09. The number of carbonyl (C=O) groups excluding carboxylic acids is 1. The number of halogens is 1. The molecule has 1 aliphatic rings. The Morgan fingerprint density at radius 1 is 0.938 bits per heavy atom. The molecule has 3 aromatic rings. The molecular weight excluding hydrogens is 422 g/mol. The number of ether oxygens (including phenoxy) is 2. The standard InChI is InChI=1S/C27H24ClNO3/c1-4-19-7-5-6-8-23(19)29-24(20-10-12-22(28)13-11-20)17-21(27(29)30)15-18-9-14-25(31-2)26(16-18)32-3/h5-17H,4H2,1-3H3/b21-15+. The molecule has 4 nitrogen and oxygen atoms in total. The molecule has 4 rings (SSSR count). The van der Waals surface area contributed by atoms with Crippen molar-refractivity contribution in [3.05, 3.63) is 100 Å². The molecule has 0 N–H and O–H groups in total. The third-order valence-corrected chi connectivity index (χ3v) is 5.72. The van der Waals surface area contributed by atoms with Crippen molar-refractivity contribution in [3.8, 4) is 11.5 Å². The van der Waals surface area contributed by atoms with E-state index in [0.717, 1.165) is 34.5 Å².